The first kappa shape index (κ1) is 13.4. The molecule has 0 bridgehead atoms. The maximum absolute atomic E-state index is 12.2. The summed E-state index contributed by atoms with van der Waals surface area (Å²) < 4.78 is 26.8. The Morgan fingerprint density at radius 2 is 1.89 bits per heavy atom. The minimum atomic E-state index is -3.62. The number of hydrogen-bond donors (Lipinski definition) is 2. The molecule has 0 fully saturated rings. The van der Waals surface area contributed by atoms with Crippen molar-refractivity contribution < 1.29 is 8.42 Å². The van der Waals surface area contributed by atoms with Crippen molar-refractivity contribution in [3.63, 3.8) is 0 Å². The van der Waals surface area contributed by atoms with Gasteiger partial charge in [0.1, 0.15) is 0 Å². The maximum Gasteiger partial charge on any atom is 0.261 e. The molecule has 6 heteroatoms. The van der Waals surface area contributed by atoms with Crippen molar-refractivity contribution in [2.24, 2.45) is 0 Å². The van der Waals surface area contributed by atoms with Crippen molar-refractivity contribution in [1.82, 2.24) is 4.98 Å². The molecule has 0 radical (unpaired) electrons. The van der Waals surface area contributed by atoms with Gasteiger partial charge in [-0.3, -0.25) is 9.71 Å². The fourth-order valence-corrected chi connectivity index (χ4v) is 2.79. The highest BCUT2D eigenvalue weighted by molar-refractivity contribution is 7.92. The Morgan fingerprint density at radius 1 is 1.21 bits per heavy atom. The molecule has 5 nitrogen and oxygen atoms in total. The second kappa shape index (κ2) is 5.27. The Hall–Kier alpha value is -2.08. The Bertz CT molecular complexity index is 670. The van der Waals surface area contributed by atoms with Crippen LogP contribution in [0.15, 0.2) is 47.6 Å². The molecule has 0 spiro atoms. The summed E-state index contributed by atoms with van der Waals surface area (Å²) in [6, 6.07) is 7.93. The van der Waals surface area contributed by atoms with E-state index in [9.17, 15) is 8.42 Å². The number of aromatic nitrogens is 1. The summed E-state index contributed by atoms with van der Waals surface area (Å²) in [4.78, 5) is 3.98. The number of rotatable bonds is 4. The molecule has 3 N–H and O–H groups in total. The zero-order chi connectivity index (χ0) is 13.9. The van der Waals surface area contributed by atoms with Gasteiger partial charge in [-0.1, -0.05) is 13.0 Å². The van der Waals surface area contributed by atoms with E-state index in [1.165, 1.54) is 18.5 Å². The van der Waals surface area contributed by atoms with Crippen LogP contribution < -0.4 is 10.5 Å². The number of nitrogens with two attached hydrogens (primary N) is 1. The van der Waals surface area contributed by atoms with E-state index in [4.69, 9.17) is 5.73 Å². The fraction of sp³-hybridized carbons (Fsp3) is 0.154. The van der Waals surface area contributed by atoms with Gasteiger partial charge in [0.25, 0.3) is 10.0 Å². The average Bonchev–Trinajstić information content (AvgIpc) is 2.39. The van der Waals surface area contributed by atoms with Crippen LogP contribution in [0.3, 0.4) is 0 Å². The van der Waals surface area contributed by atoms with Gasteiger partial charge in [-0.25, -0.2) is 8.42 Å². The van der Waals surface area contributed by atoms with Gasteiger partial charge in [0, 0.05) is 18.1 Å². The summed E-state index contributed by atoms with van der Waals surface area (Å²) >= 11 is 0. The zero-order valence-electron chi connectivity index (χ0n) is 10.5. The molecule has 0 aliphatic carbocycles. The molecular formula is C13H15N3O2S. The third-order valence-corrected chi connectivity index (χ3v) is 4.12. The summed E-state index contributed by atoms with van der Waals surface area (Å²) in [6.07, 6.45) is 3.81. The van der Waals surface area contributed by atoms with Crippen molar-refractivity contribution >= 4 is 21.4 Å². The average molecular weight is 277 g/mol. The molecule has 19 heavy (non-hydrogen) atoms. The quantitative estimate of drug-likeness (QED) is 0.837. The lowest BCUT2D eigenvalue weighted by atomic mass is 10.1. The summed E-state index contributed by atoms with van der Waals surface area (Å²) in [7, 11) is -3.62. The molecule has 1 heterocycles. The molecule has 2 rings (SSSR count). The highest BCUT2D eigenvalue weighted by Gasteiger charge is 2.15. The molecule has 0 aliphatic rings. The first-order valence-corrected chi connectivity index (χ1v) is 7.32. The summed E-state index contributed by atoms with van der Waals surface area (Å²) in [6.45, 7) is 1.97. The molecule has 100 valence electrons. The Labute approximate surface area is 112 Å². The van der Waals surface area contributed by atoms with Gasteiger partial charge < -0.3 is 5.73 Å². The smallest absolute Gasteiger partial charge is 0.261 e. The van der Waals surface area contributed by atoms with Gasteiger partial charge in [-0.2, -0.15) is 0 Å². The molecule has 0 unspecified atom stereocenters. The van der Waals surface area contributed by atoms with Crippen LogP contribution in [0.2, 0.25) is 0 Å². The molecule has 0 saturated heterocycles. The largest absolute Gasteiger partial charge is 0.398 e. The Morgan fingerprint density at radius 3 is 2.47 bits per heavy atom. The molecule has 0 amide bonds. The standard InChI is InChI=1S/C13H15N3O2S/c1-2-10-3-4-12(9-13(10)14)19(17,18)16-11-5-7-15-8-6-11/h3-9H,2,14H2,1H3,(H,15,16). The molecular weight excluding hydrogens is 262 g/mol. The number of nitrogens with zero attached hydrogens (tertiary/aromatic N) is 1. The van der Waals surface area contributed by atoms with E-state index in [0.29, 0.717) is 11.4 Å². The van der Waals surface area contributed by atoms with E-state index in [0.717, 1.165) is 12.0 Å². The predicted octanol–water partition coefficient (Wildman–Crippen LogP) is 2.03. The van der Waals surface area contributed by atoms with E-state index in [1.807, 2.05) is 6.92 Å². The van der Waals surface area contributed by atoms with Gasteiger partial charge >= 0.3 is 0 Å². The zero-order valence-corrected chi connectivity index (χ0v) is 11.3. The highest BCUT2D eigenvalue weighted by Crippen LogP contribution is 2.20. The van der Waals surface area contributed by atoms with Crippen molar-refractivity contribution in [2.75, 3.05) is 10.5 Å². The normalized spacial score (nSPS) is 11.2. The third-order valence-electron chi connectivity index (χ3n) is 2.74. The topological polar surface area (TPSA) is 85.1 Å². The second-order valence-corrected chi connectivity index (χ2v) is 5.74. The predicted molar refractivity (Wildman–Crippen MR) is 75.3 cm³/mol. The van der Waals surface area contributed by atoms with Crippen molar-refractivity contribution in [2.45, 2.75) is 18.2 Å². The number of aryl methyl sites for hydroxylation is 1. The van der Waals surface area contributed by atoms with Crippen molar-refractivity contribution in [1.29, 1.82) is 0 Å². The lowest BCUT2D eigenvalue weighted by Gasteiger charge is -2.10. The molecule has 0 saturated carbocycles. The second-order valence-electron chi connectivity index (χ2n) is 4.06. The third kappa shape index (κ3) is 3.03. The van der Waals surface area contributed by atoms with E-state index in [2.05, 4.69) is 9.71 Å². The first-order valence-electron chi connectivity index (χ1n) is 5.84. The number of nitrogen functional groups attached to an aromatic ring is 1. The first-order chi connectivity index (χ1) is 9.03. The van der Waals surface area contributed by atoms with E-state index < -0.39 is 10.0 Å². The van der Waals surface area contributed by atoms with Crippen LogP contribution in [0.25, 0.3) is 0 Å². The van der Waals surface area contributed by atoms with Crippen LogP contribution in [0, 0.1) is 0 Å². The lowest BCUT2D eigenvalue weighted by Crippen LogP contribution is -2.13. The van der Waals surface area contributed by atoms with Crippen LogP contribution >= 0.6 is 0 Å². The number of hydrogen-bond acceptors (Lipinski definition) is 4. The highest BCUT2D eigenvalue weighted by atomic mass is 32.2. The SMILES string of the molecule is CCc1ccc(S(=O)(=O)Nc2ccncc2)cc1N. The van der Waals surface area contributed by atoms with Crippen LogP contribution in [-0.2, 0) is 16.4 Å². The number of sulfonamides is 1. The van der Waals surface area contributed by atoms with Crippen LogP contribution in [0.5, 0.6) is 0 Å². The minimum absolute atomic E-state index is 0.152. The Balaban J connectivity index is 2.32. The molecule has 1 aromatic carbocycles. The summed E-state index contributed by atoms with van der Waals surface area (Å²) in [5, 5.41) is 0. The van der Waals surface area contributed by atoms with Crippen LogP contribution in [-0.4, -0.2) is 13.4 Å². The van der Waals surface area contributed by atoms with Crippen molar-refractivity contribution in [3.8, 4) is 0 Å². The van der Waals surface area contributed by atoms with E-state index in [1.54, 1.807) is 24.3 Å². The van der Waals surface area contributed by atoms with Crippen LogP contribution in [0.4, 0.5) is 11.4 Å². The Kier molecular flexibility index (Phi) is 3.71. The number of benzene rings is 1. The summed E-state index contributed by atoms with van der Waals surface area (Å²) in [5.74, 6) is 0. The number of pyridine rings is 1. The summed E-state index contributed by atoms with van der Waals surface area (Å²) in [5.41, 5.74) is 7.71. The lowest BCUT2D eigenvalue weighted by molar-refractivity contribution is 0.601. The van der Waals surface area contributed by atoms with Crippen molar-refractivity contribution in [3.05, 3.63) is 48.3 Å². The van der Waals surface area contributed by atoms with Gasteiger partial charge in [-0.15, -0.1) is 0 Å². The van der Waals surface area contributed by atoms with Crippen LogP contribution in [0.1, 0.15) is 12.5 Å². The fourth-order valence-electron chi connectivity index (χ4n) is 1.70. The van der Waals surface area contributed by atoms with Gasteiger partial charge in [0.15, 0.2) is 0 Å². The molecule has 0 aliphatic heterocycles. The molecule has 1 aromatic heterocycles. The van der Waals surface area contributed by atoms with Gasteiger partial charge in [-0.05, 0) is 36.2 Å². The molecule has 0 atom stereocenters. The van der Waals surface area contributed by atoms with E-state index in [-0.39, 0.29) is 4.90 Å². The maximum atomic E-state index is 12.2. The van der Waals surface area contributed by atoms with Gasteiger partial charge in [0.2, 0.25) is 0 Å². The number of anilines is 2. The van der Waals surface area contributed by atoms with Gasteiger partial charge in [0.05, 0.1) is 10.6 Å². The van der Waals surface area contributed by atoms with E-state index >= 15 is 0 Å². The minimum Gasteiger partial charge on any atom is -0.398 e. The molecule has 2 aromatic rings. The number of nitrogens with one attached hydrogen (secondary N) is 1. The monoisotopic (exact) mass is 277 g/mol.